The second-order valence-electron chi connectivity index (χ2n) is 10.5. The van der Waals surface area contributed by atoms with Gasteiger partial charge in [-0.3, -0.25) is 9.69 Å². The highest BCUT2D eigenvalue weighted by atomic mass is 16.5. The molecule has 0 saturated carbocycles. The average molecular weight is 506 g/mol. The van der Waals surface area contributed by atoms with Gasteiger partial charge < -0.3 is 24.5 Å². The maximum Gasteiger partial charge on any atom is 0.337 e. The molecule has 5 rings (SSSR count). The van der Waals surface area contributed by atoms with Crippen molar-refractivity contribution in [2.75, 3.05) is 49.6 Å². The molecule has 3 aromatic rings. The molecule has 2 saturated heterocycles. The van der Waals surface area contributed by atoms with Gasteiger partial charge in [0.1, 0.15) is 5.58 Å². The highest BCUT2D eigenvalue weighted by Crippen LogP contribution is 2.34. The number of piperidine rings is 1. The van der Waals surface area contributed by atoms with Gasteiger partial charge in [-0.25, -0.2) is 4.79 Å². The third kappa shape index (κ3) is 5.08. The van der Waals surface area contributed by atoms with Crippen molar-refractivity contribution in [3.63, 3.8) is 0 Å². The minimum absolute atomic E-state index is 0.0687. The van der Waals surface area contributed by atoms with E-state index in [2.05, 4.69) is 22.0 Å². The monoisotopic (exact) mass is 505 g/mol. The van der Waals surface area contributed by atoms with Gasteiger partial charge in [-0.2, -0.15) is 0 Å². The molecule has 8 heteroatoms. The molecule has 2 aliphatic heterocycles. The number of nitrogens with one attached hydrogen (secondary N) is 1. The molecule has 2 N–H and O–H groups in total. The first-order chi connectivity index (χ1) is 17.7. The summed E-state index contributed by atoms with van der Waals surface area (Å²) in [5, 5.41) is 13.4. The lowest BCUT2D eigenvalue weighted by molar-refractivity contribution is -0.0250. The van der Waals surface area contributed by atoms with Crippen molar-refractivity contribution in [3.05, 3.63) is 69.4 Å². The number of aryl methyl sites for hydroxylation is 1. The zero-order valence-electron chi connectivity index (χ0n) is 21.8. The Bertz CT molecular complexity index is 1350. The molecule has 2 aromatic carbocycles. The lowest BCUT2D eigenvalue weighted by Crippen LogP contribution is -2.56. The molecule has 0 spiro atoms. The number of ether oxygens (including phenoxy) is 1. The van der Waals surface area contributed by atoms with E-state index in [9.17, 15) is 14.7 Å². The normalized spacial score (nSPS) is 19.1. The van der Waals surface area contributed by atoms with Gasteiger partial charge in [0.2, 0.25) is 0 Å². The number of hydrogen-bond acceptors (Lipinski definition) is 7. The van der Waals surface area contributed by atoms with E-state index >= 15 is 0 Å². The van der Waals surface area contributed by atoms with Crippen LogP contribution in [0.2, 0.25) is 0 Å². The number of hydrogen-bond donors (Lipinski definition) is 2. The average Bonchev–Trinajstić information content (AvgIpc) is 2.89. The van der Waals surface area contributed by atoms with Crippen LogP contribution in [0.25, 0.3) is 11.0 Å². The number of carboxylic acids is 1. The fourth-order valence-corrected chi connectivity index (χ4v) is 5.63. The van der Waals surface area contributed by atoms with E-state index in [1.54, 1.807) is 30.3 Å². The van der Waals surface area contributed by atoms with Crippen LogP contribution in [0.4, 0.5) is 11.6 Å². The number of morpholine rings is 1. The summed E-state index contributed by atoms with van der Waals surface area (Å²) in [6, 6.07) is 12.0. The van der Waals surface area contributed by atoms with Crippen molar-refractivity contribution in [2.24, 2.45) is 0 Å². The molecule has 37 heavy (non-hydrogen) atoms. The molecule has 1 unspecified atom stereocenters. The van der Waals surface area contributed by atoms with Crippen LogP contribution in [0.3, 0.4) is 0 Å². The van der Waals surface area contributed by atoms with Crippen LogP contribution in [0.15, 0.2) is 51.7 Å². The van der Waals surface area contributed by atoms with Crippen LogP contribution in [0.1, 0.15) is 54.2 Å². The maximum atomic E-state index is 13.2. The lowest BCUT2D eigenvalue weighted by Gasteiger charge is -2.48. The van der Waals surface area contributed by atoms with E-state index in [1.165, 1.54) is 0 Å². The predicted molar refractivity (Wildman–Crippen MR) is 145 cm³/mol. The zero-order valence-corrected chi connectivity index (χ0v) is 21.8. The molecule has 0 aliphatic carbocycles. The summed E-state index contributed by atoms with van der Waals surface area (Å²) in [6.45, 7) is 11.3. The van der Waals surface area contributed by atoms with E-state index in [0.717, 1.165) is 63.4 Å². The second-order valence-corrected chi connectivity index (χ2v) is 10.5. The summed E-state index contributed by atoms with van der Waals surface area (Å²) in [4.78, 5) is 29.6. The third-order valence-electron chi connectivity index (χ3n) is 7.91. The summed E-state index contributed by atoms with van der Waals surface area (Å²) in [5.74, 6) is -0.405. The molecule has 2 fully saturated rings. The van der Waals surface area contributed by atoms with Crippen LogP contribution >= 0.6 is 0 Å². The van der Waals surface area contributed by atoms with Crippen LogP contribution in [-0.4, -0.2) is 60.9 Å². The van der Waals surface area contributed by atoms with Crippen molar-refractivity contribution >= 4 is 28.5 Å². The minimum atomic E-state index is -0.993. The van der Waals surface area contributed by atoms with Crippen LogP contribution in [-0.2, 0) is 4.74 Å². The van der Waals surface area contributed by atoms with Gasteiger partial charge in [0.05, 0.1) is 30.2 Å². The van der Waals surface area contributed by atoms with Gasteiger partial charge in [0.25, 0.3) is 0 Å². The van der Waals surface area contributed by atoms with Crippen LogP contribution < -0.4 is 15.6 Å². The summed E-state index contributed by atoms with van der Waals surface area (Å²) >= 11 is 0. The van der Waals surface area contributed by atoms with Crippen LogP contribution in [0, 0.1) is 6.92 Å². The molecule has 3 heterocycles. The van der Waals surface area contributed by atoms with Gasteiger partial charge in [-0.05, 0) is 57.4 Å². The summed E-state index contributed by atoms with van der Waals surface area (Å²) < 4.78 is 12.0. The van der Waals surface area contributed by atoms with Crippen molar-refractivity contribution in [2.45, 2.75) is 45.2 Å². The second kappa shape index (κ2) is 10.2. The first-order valence-corrected chi connectivity index (χ1v) is 13.0. The number of nitrogens with zero attached hydrogens (tertiary/aromatic N) is 2. The summed E-state index contributed by atoms with van der Waals surface area (Å²) in [6.07, 6.45) is 1.97. The standard InChI is InChI=1S/C29H35N3O5/c1-19-16-22(20(2)30-24-7-5-4-6-21(24)28(34)35)27-23(17-19)25(33)18-26(37-27)31-10-8-29(3,9-11-31)32-12-14-36-15-13-32/h4-7,16-18,20,30H,8-15H2,1-3H3,(H,34,35). The predicted octanol–water partition coefficient (Wildman–Crippen LogP) is 4.66. The number of benzene rings is 2. The Balaban J connectivity index is 1.44. The molecule has 8 nitrogen and oxygen atoms in total. The Morgan fingerprint density at radius 2 is 1.78 bits per heavy atom. The molecule has 1 aromatic heterocycles. The zero-order chi connectivity index (χ0) is 26.2. The Morgan fingerprint density at radius 3 is 2.49 bits per heavy atom. The number of fused-ring (bicyclic) bond motifs is 1. The first kappa shape index (κ1) is 25.3. The Morgan fingerprint density at radius 1 is 1.08 bits per heavy atom. The quantitative estimate of drug-likeness (QED) is 0.499. The third-order valence-corrected chi connectivity index (χ3v) is 7.91. The van der Waals surface area contributed by atoms with Gasteiger partial charge >= 0.3 is 5.97 Å². The van der Waals surface area contributed by atoms with E-state index in [0.29, 0.717) is 22.5 Å². The fraction of sp³-hybridized carbons (Fsp3) is 0.448. The van der Waals surface area contributed by atoms with Crippen molar-refractivity contribution < 1.29 is 19.1 Å². The summed E-state index contributed by atoms with van der Waals surface area (Å²) in [5.41, 5.74) is 3.09. The molecular formula is C29H35N3O5. The molecule has 2 aliphatic rings. The van der Waals surface area contributed by atoms with E-state index in [4.69, 9.17) is 9.15 Å². The van der Waals surface area contributed by atoms with Gasteiger partial charge in [0.15, 0.2) is 11.3 Å². The molecule has 0 radical (unpaired) electrons. The molecule has 1 atom stereocenters. The van der Waals surface area contributed by atoms with Crippen molar-refractivity contribution in [1.82, 2.24) is 4.90 Å². The van der Waals surface area contributed by atoms with E-state index < -0.39 is 5.97 Å². The van der Waals surface area contributed by atoms with Gasteiger partial charge in [0, 0.05) is 49.0 Å². The number of rotatable bonds is 6. The number of carboxylic acid groups (broad SMARTS) is 1. The number of carbonyl (C=O) groups is 1. The fourth-order valence-electron chi connectivity index (χ4n) is 5.63. The number of aromatic carboxylic acids is 1. The number of para-hydroxylation sites is 1. The van der Waals surface area contributed by atoms with E-state index in [-0.39, 0.29) is 22.6 Å². The Hall–Kier alpha value is -3.36. The van der Waals surface area contributed by atoms with Gasteiger partial charge in [-0.1, -0.05) is 18.2 Å². The molecular weight excluding hydrogens is 470 g/mol. The van der Waals surface area contributed by atoms with Crippen LogP contribution in [0.5, 0.6) is 0 Å². The molecule has 0 bridgehead atoms. The summed E-state index contributed by atoms with van der Waals surface area (Å²) in [7, 11) is 0. The highest BCUT2D eigenvalue weighted by Gasteiger charge is 2.37. The van der Waals surface area contributed by atoms with Crippen molar-refractivity contribution in [1.29, 1.82) is 0 Å². The van der Waals surface area contributed by atoms with Crippen molar-refractivity contribution in [3.8, 4) is 0 Å². The highest BCUT2D eigenvalue weighted by molar-refractivity contribution is 5.94. The molecule has 0 amide bonds. The SMILES string of the molecule is Cc1cc(C(C)Nc2ccccc2C(=O)O)c2oc(N3CCC(C)(N4CCOCC4)CC3)cc(=O)c2c1. The van der Waals surface area contributed by atoms with Gasteiger partial charge in [-0.15, -0.1) is 0 Å². The maximum absolute atomic E-state index is 13.2. The first-order valence-electron chi connectivity index (χ1n) is 13.0. The Labute approximate surface area is 216 Å². The number of anilines is 2. The molecule has 196 valence electrons. The lowest BCUT2D eigenvalue weighted by atomic mass is 9.87. The smallest absolute Gasteiger partial charge is 0.337 e. The Kier molecular flexibility index (Phi) is 6.96. The van der Waals surface area contributed by atoms with E-state index in [1.807, 2.05) is 26.0 Å². The minimum Gasteiger partial charge on any atom is -0.478 e. The topological polar surface area (TPSA) is 95.2 Å². The largest absolute Gasteiger partial charge is 0.478 e.